The quantitative estimate of drug-likeness (QED) is 0.844. The van der Waals surface area contributed by atoms with E-state index < -0.39 is 0 Å². The number of rotatable bonds is 3. The van der Waals surface area contributed by atoms with Crippen LogP contribution in [0.5, 0.6) is 0 Å². The van der Waals surface area contributed by atoms with Crippen LogP contribution in [0.1, 0.15) is 23.2 Å². The average molecular weight is 260 g/mol. The topological polar surface area (TPSA) is 41.6 Å². The third-order valence-electron chi connectivity index (χ3n) is 4.31. The minimum absolute atomic E-state index is 0.271. The maximum absolute atomic E-state index is 11.8. The fraction of sp³-hybridized carbons (Fsp3) is 0.533. The van der Waals surface area contributed by atoms with E-state index in [1.165, 1.54) is 26.6 Å². The number of ether oxygens (including phenoxy) is 1. The Bertz CT molecular complexity index is 475. The molecular weight excluding hydrogens is 240 g/mol. The number of para-hydroxylation sites is 1. The number of nitrogens with one attached hydrogen (secondary N) is 1. The molecule has 0 aromatic heterocycles. The lowest BCUT2D eigenvalue weighted by Crippen LogP contribution is -2.39. The second kappa shape index (κ2) is 5.21. The van der Waals surface area contributed by atoms with Crippen LogP contribution in [0, 0.1) is 5.92 Å². The van der Waals surface area contributed by atoms with E-state index in [4.69, 9.17) is 4.74 Å². The van der Waals surface area contributed by atoms with Crippen molar-refractivity contribution >= 4 is 11.7 Å². The lowest BCUT2D eigenvalue weighted by molar-refractivity contribution is 0.0601. The van der Waals surface area contributed by atoms with Crippen molar-refractivity contribution in [1.82, 2.24) is 4.90 Å². The SMILES string of the molecule is COC(=O)c1ccccc1NC1CCN2CCC1C2. The highest BCUT2D eigenvalue weighted by molar-refractivity contribution is 5.95. The van der Waals surface area contributed by atoms with Gasteiger partial charge in [-0.25, -0.2) is 4.79 Å². The molecule has 3 atom stereocenters. The summed E-state index contributed by atoms with van der Waals surface area (Å²) in [6, 6.07) is 8.09. The van der Waals surface area contributed by atoms with Crippen LogP contribution in [0.3, 0.4) is 0 Å². The fourth-order valence-corrected chi connectivity index (χ4v) is 3.24. The van der Waals surface area contributed by atoms with E-state index in [-0.39, 0.29) is 5.97 Å². The molecule has 2 saturated heterocycles. The van der Waals surface area contributed by atoms with E-state index in [1.807, 2.05) is 24.3 Å². The van der Waals surface area contributed by atoms with Gasteiger partial charge in [-0.1, -0.05) is 12.1 Å². The Labute approximate surface area is 113 Å². The molecule has 1 aromatic rings. The molecule has 3 unspecified atom stereocenters. The number of hydrogen-bond donors (Lipinski definition) is 1. The standard InChI is InChI=1S/C15H20N2O2/c1-19-15(18)12-4-2-3-5-14(12)16-13-7-9-17-8-6-11(13)10-17/h2-5,11,13,16H,6-10H2,1H3. The zero-order valence-electron chi connectivity index (χ0n) is 11.3. The van der Waals surface area contributed by atoms with Gasteiger partial charge in [-0.05, 0) is 37.4 Å². The van der Waals surface area contributed by atoms with Crippen molar-refractivity contribution in [3.05, 3.63) is 29.8 Å². The summed E-state index contributed by atoms with van der Waals surface area (Å²) in [5.41, 5.74) is 1.53. The number of esters is 1. The number of fused-ring (bicyclic) bond motifs is 2. The zero-order chi connectivity index (χ0) is 13.2. The van der Waals surface area contributed by atoms with Gasteiger partial charge in [-0.15, -0.1) is 0 Å². The molecule has 102 valence electrons. The molecule has 19 heavy (non-hydrogen) atoms. The number of carbonyl (C=O) groups is 1. The number of benzene rings is 1. The van der Waals surface area contributed by atoms with E-state index in [0.29, 0.717) is 17.5 Å². The predicted molar refractivity (Wildman–Crippen MR) is 74.4 cm³/mol. The summed E-state index contributed by atoms with van der Waals surface area (Å²) >= 11 is 0. The first kappa shape index (κ1) is 12.5. The van der Waals surface area contributed by atoms with Crippen LogP contribution in [-0.2, 0) is 4.74 Å². The molecule has 2 fully saturated rings. The molecule has 1 aromatic carbocycles. The first-order valence-electron chi connectivity index (χ1n) is 6.94. The Morgan fingerprint density at radius 2 is 2.11 bits per heavy atom. The van der Waals surface area contributed by atoms with Crippen LogP contribution in [-0.4, -0.2) is 43.7 Å². The molecule has 4 nitrogen and oxygen atoms in total. The van der Waals surface area contributed by atoms with Crippen molar-refractivity contribution in [2.45, 2.75) is 18.9 Å². The van der Waals surface area contributed by atoms with Gasteiger partial charge in [0.05, 0.1) is 12.7 Å². The highest BCUT2D eigenvalue weighted by Crippen LogP contribution is 2.30. The molecule has 0 saturated carbocycles. The third kappa shape index (κ3) is 2.45. The van der Waals surface area contributed by atoms with Crippen LogP contribution in [0.15, 0.2) is 24.3 Å². The lowest BCUT2D eigenvalue weighted by atomic mass is 9.93. The number of nitrogens with zero attached hydrogens (tertiary/aromatic N) is 1. The molecule has 2 aliphatic heterocycles. The highest BCUT2D eigenvalue weighted by atomic mass is 16.5. The monoisotopic (exact) mass is 260 g/mol. The molecule has 0 aliphatic carbocycles. The summed E-state index contributed by atoms with van der Waals surface area (Å²) in [6.07, 6.45) is 2.41. The smallest absolute Gasteiger partial charge is 0.339 e. The summed E-state index contributed by atoms with van der Waals surface area (Å²) in [7, 11) is 1.43. The van der Waals surface area contributed by atoms with Crippen LogP contribution in [0.4, 0.5) is 5.69 Å². The summed E-state index contributed by atoms with van der Waals surface area (Å²) in [4.78, 5) is 14.3. The van der Waals surface area contributed by atoms with Crippen molar-refractivity contribution in [3.63, 3.8) is 0 Å². The Morgan fingerprint density at radius 3 is 2.95 bits per heavy atom. The summed E-state index contributed by atoms with van der Waals surface area (Å²) < 4.78 is 4.84. The third-order valence-corrected chi connectivity index (χ3v) is 4.31. The van der Waals surface area contributed by atoms with Crippen LogP contribution < -0.4 is 5.32 Å². The van der Waals surface area contributed by atoms with Gasteiger partial charge < -0.3 is 15.0 Å². The second-order valence-corrected chi connectivity index (χ2v) is 5.43. The van der Waals surface area contributed by atoms with Gasteiger partial charge >= 0.3 is 5.97 Å². The van der Waals surface area contributed by atoms with Crippen molar-refractivity contribution in [3.8, 4) is 0 Å². The van der Waals surface area contributed by atoms with E-state index in [0.717, 1.165) is 18.7 Å². The van der Waals surface area contributed by atoms with Crippen molar-refractivity contribution < 1.29 is 9.53 Å². The Kier molecular flexibility index (Phi) is 3.42. The number of anilines is 1. The second-order valence-electron chi connectivity index (χ2n) is 5.43. The molecule has 0 spiro atoms. The Balaban J connectivity index is 1.77. The van der Waals surface area contributed by atoms with Crippen molar-refractivity contribution in [2.24, 2.45) is 5.92 Å². The number of hydrogen-bond acceptors (Lipinski definition) is 4. The summed E-state index contributed by atoms with van der Waals surface area (Å²) in [5, 5.41) is 3.56. The first-order chi connectivity index (χ1) is 9.28. The molecular formula is C15H20N2O2. The molecule has 0 radical (unpaired) electrons. The minimum atomic E-state index is -0.271. The predicted octanol–water partition coefficient (Wildman–Crippen LogP) is 1.98. The van der Waals surface area contributed by atoms with Crippen LogP contribution >= 0.6 is 0 Å². The van der Waals surface area contributed by atoms with Gasteiger partial charge in [0.2, 0.25) is 0 Å². The Morgan fingerprint density at radius 1 is 1.32 bits per heavy atom. The number of methoxy groups -OCH3 is 1. The molecule has 2 bridgehead atoms. The van der Waals surface area contributed by atoms with E-state index in [1.54, 1.807) is 0 Å². The number of carbonyl (C=O) groups excluding carboxylic acids is 1. The molecule has 1 N–H and O–H groups in total. The molecule has 2 aliphatic rings. The van der Waals surface area contributed by atoms with Crippen molar-refractivity contribution in [2.75, 3.05) is 32.1 Å². The maximum Gasteiger partial charge on any atom is 0.339 e. The van der Waals surface area contributed by atoms with Gasteiger partial charge in [0.1, 0.15) is 0 Å². The van der Waals surface area contributed by atoms with Gasteiger partial charge in [0.15, 0.2) is 0 Å². The largest absolute Gasteiger partial charge is 0.465 e. The normalized spacial score (nSPS) is 29.0. The number of piperidine rings is 1. The Hall–Kier alpha value is -1.55. The van der Waals surface area contributed by atoms with Gasteiger partial charge in [-0.3, -0.25) is 0 Å². The van der Waals surface area contributed by atoms with E-state index in [2.05, 4.69) is 10.2 Å². The lowest BCUT2D eigenvalue weighted by Gasteiger charge is -2.32. The molecule has 3 rings (SSSR count). The van der Waals surface area contributed by atoms with Gasteiger partial charge in [0.25, 0.3) is 0 Å². The van der Waals surface area contributed by atoms with Crippen molar-refractivity contribution in [1.29, 1.82) is 0 Å². The van der Waals surface area contributed by atoms with E-state index in [9.17, 15) is 4.79 Å². The summed E-state index contributed by atoms with van der Waals surface area (Å²) in [6.45, 7) is 3.58. The summed E-state index contributed by atoms with van der Waals surface area (Å²) in [5.74, 6) is 0.436. The molecule has 4 heteroatoms. The fourth-order valence-electron chi connectivity index (χ4n) is 3.24. The first-order valence-corrected chi connectivity index (χ1v) is 6.94. The van der Waals surface area contributed by atoms with Gasteiger partial charge in [0, 0.05) is 24.8 Å². The maximum atomic E-state index is 11.8. The van der Waals surface area contributed by atoms with Crippen LogP contribution in [0.25, 0.3) is 0 Å². The van der Waals surface area contributed by atoms with Crippen LogP contribution in [0.2, 0.25) is 0 Å². The van der Waals surface area contributed by atoms with E-state index >= 15 is 0 Å². The molecule has 0 amide bonds. The zero-order valence-corrected chi connectivity index (χ0v) is 11.3. The van der Waals surface area contributed by atoms with Gasteiger partial charge in [-0.2, -0.15) is 0 Å². The highest BCUT2D eigenvalue weighted by Gasteiger charge is 2.34. The minimum Gasteiger partial charge on any atom is -0.465 e. The molecule has 2 heterocycles. The average Bonchev–Trinajstić information content (AvgIpc) is 2.84.